The molecule has 8 heteroatoms. The Morgan fingerprint density at radius 2 is 1.85 bits per heavy atom. The summed E-state index contributed by atoms with van der Waals surface area (Å²) >= 11 is 0. The molecule has 2 aliphatic rings. The highest BCUT2D eigenvalue weighted by atomic mass is 16.7. The fourth-order valence-electron chi connectivity index (χ4n) is 4.17. The van der Waals surface area contributed by atoms with E-state index in [0.717, 1.165) is 63.1 Å². The minimum Gasteiger partial charge on any atom is -0.428 e. The lowest BCUT2D eigenvalue weighted by Crippen LogP contribution is -2.38. The van der Waals surface area contributed by atoms with Crippen LogP contribution in [-0.2, 0) is 36.7 Å². The van der Waals surface area contributed by atoms with Gasteiger partial charge in [-0.3, -0.25) is 14.4 Å². The molecule has 0 radical (unpaired) electrons. The SMILES string of the molecule is CC(C)(C)C(=O)OCOC(=O)CCCC1CCN(C(=O)CCc2ccc3c(n2)N=CCC3)CC1. The number of rotatable bonds is 9. The number of nitrogens with zero attached hydrogens (tertiary/aromatic N) is 3. The van der Waals surface area contributed by atoms with Gasteiger partial charge in [0.2, 0.25) is 12.7 Å². The van der Waals surface area contributed by atoms with Crippen LogP contribution in [0.1, 0.15) is 77.0 Å². The number of carbonyl (C=O) groups excluding carboxylic acids is 3. The van der Waals surface area contributed by atoms with Crippen LogP contribution < -0.4 is 0 Å². The van der Waals surface area contributed by atoms with E-state index in [-0.39, 0.29) is 18.7 Å². The monoisotopic (exact) mass is 471 g/mol. The van der Waals surface area contributed by atoms with Crippen LogP contribution in [0.2, 0.25) is 0 Å². The minimum atomic E-state index is -0.615. The third-order valence-electron chi connectivity index (χ3n) is 6.35. The predicted octanol–water partition coefficient (Wildman–Crippen LogP) is 4.16. The summed E-state index contributed by atoms with van der Waals surface area (Å²) in [5.41, 5.74) is 1.48. The van der Waals surface area contributed by atoms with Gasteiger partial charge in [-0.25, -0.2) is 9.98 Å². The zero-order valence-electron chi connectivity index (χ0n) is 20.7. The maximum atomic E-state index is 12.7. The number of hydrogen-bond acceptors (Lipinski definition) is 7. The summed E-state index contributed by atoms with van der Waals surface area (Å²) < 4.78 is 9.94. The molecule has 0 atom stereocenters. The number of hydrogen-bond donors (Lipinski definition) is 0. The van der Waals surface area contributed by atoms with E-state index in [4.69, 9.17) is 9.47 Å². The van der Waals surface area contributed by atoms with E-state index in [1.54, 1.807) is 20.8 Å². The van der Waals surface area contributed by atoms with Gasteiger partial charge in [0.25, 0.3) is 0 Å². The lowest BCUT2D eigenvalue weighted by molar-refractivity contribution is -0.173. The number of aromatic nitrogens is 1. The highest BCUT2D eigenvalue weighted by Gasteiger charge is 2.24. The quantitative estimate of drug-likeness (QED) is 0.396. The van der Waals surface area contributed by atoms with E-state index < -0.39 is 11.4 Å². The van der Waals surface area contributed by atoms with Crippen LogP contribution >= 0.6 is 0 Å². The molecule has 0 bridgehead atoms. The number of esters is 2. The van der Waals surface area contributed by atoms with Gasteiger partial charge < -0.3 is 14.4 Å². The lowest BCUT2D eigenvalue weighted by Gasteiger charge is -2.32. The molecule has 1 saturated heterocycles. The number of likely N-dealkylation sites (tertiary alicyclic amines) is 1. The zero-order chi connectivity index (χ0) is 24.6. The second-order valence-electron chi connectivity index (χ2n) is 10.2. The number of carbonyl (C=O) groups is 3. The number of fused-ring (bicyclic) bond motifs is 1. The van der Waals surface area contributed by atoms with Crippen molar-refractivity contribution in [2.45, 2.75) is 78.6 Å². The van der Waals surface area contributed by atoms with Crippen molar-refractivity contribution in [3.8, 4) is 0 Å². The van der Waals surface area contributed by atoms with Crippen LogP contribution in [0.5, 0.6) is 0 Å². The summed E-state index contributed by atoms with van der Waals surface area (Å²) in [6, 6.07) is 4.09. The molecular formula is C26H37N3O5. The molecular weight excluding hydrogens is 434 g/mol. The van der Waals surface area contributed by atoms with E-state index in [0.29, 0.717) is 25.2 Å². The Labute approximate surface area is 202 Å². The first kappa shape index (κ1) is 25.8. The molecule has 186 valence electrons. The molecule has 1 aromatic heterocycles. The van der Waals surface area contributed by atoms with E-state index in [2.05, 4.69) is 16.0 Å². The summed E-state index contributed by atoms with van der Waals surface area (Å²) in [5, 5.41) is 0. The average molecular weight is 472 g/mol. The number of amides is 1. The molecule has 0 saturated carbocycles. The topological polar surface area (TPSA) is 98.2 Å². The van der Waals surface area contributed by atoms with Crippen molar-refractivity contribution in [1.29, 1.82) is 0 Å². The van der Waals surface area contributed by atoms with E-state index in [1.807, 2.05) is 17.2 Å². The van der Waals surface area contributed by atoms with Crippen LogP contribution in [0, 0.1) is 11.3 Å². The van der Waals surface area contributed by atoms with Crippen LogP contribution in [0.15, 0.2) is 17.1 Å². The second-order valence-corrected chi connectivity index (χ2v) is 10.2. The first-order valence-corrected chi connectivity index (χ1v) is 12.3. The summed E-state index contributed by atoms with van der Waals surface area (Å²) in [4.78, 5) is 47.1. The number of aliphatic imine (C=N–C) groups is 1. The highest BCUT2D eigenvalue weighted by Crippen LogP contribution is 2.25. The van der Waals surface area contributed by atoms with Crippen molar-refractivity contribution >= 4 is 29.9 Å². The molecule has 2 aliphatic heterocycles. The Hall–Kier alpha value is -2.77. The van der Waals surface area contributed by atoms with Crippen molar-refractivity contribution in [1.82, 2.24) is 9.88 Å². The molecule has 0 aromatic carbocycles. The second kappa shape index (κ2) is 12.1. The lowest BCUT2D eigenvalue weighted by atomic mass is 9.91. The van der Waals surface area contributed by atoms with Gasteiger partial charge in [0.1, 0.15) is 0 Å². The third-order valence-corrected chi connectivity index (χ3v) is 6.35. The van der Waals surface area contributed by atoms with E-state index in [9.17, 15) is 14.4 Å². The van der Waals surface area contributed by atoms with Gasteiger partial charge in [-0.15, -0.1) is 0 Å². The standard InChI is InChI=1S/C26H37N3O5/c1-26(2,3)25(32)34-18-33-23(31)8-4-6-19-13-16-29(17-14-19)22(30)12-11-21-10-9-20-7-5-15-27-24(20)28-21/h9-10,15,19H,4-8,11-14,16-18H2,1-3H3. The summed E-state index contributed by atoms with van der Waals surface area (Å²) in [6.45, 7) is 6.44. The van der Waals surface area contributed by atoms with Crippen molar-refractivity contribution in [3.05, 3.63) is 23.4 Å². The van der Waals surface area contributed by atoms with Gasteiger partial charge >= 0.3 is 11.9 Å². The fourth-order valence-corrected chi connectivity index (χ4v) is 4.17. The van der Waals surface area contributed by atoms with Gasteiger partial charge in [-0.1, -0.05) is 6.07 Å². The predicted molar refractivity (Wildman–Crippen MR) is 129 cm³/mol. The fraction of sp³-hybridized carbons (Fsp3) is 0.654. The molecule has 0 N–H and O–H groups in total. The van der Waals surface area contributed by atoms with E-state index in [1.165, 1.54) is 5.56 Å². The van der Waals surface area contributed by atoms with Crippen LogP contribution in [0.3, 0.4) is 0 Å². The van der Waals surface area contributed by atoms with Crippen LogP contribution in [0.25, 0.3) is 0 Å². The molecule has 0 aliphatic carbocycles. The normalized spacial score (nSPS) is 16.1. The zero-order valence-corrected chi connectivity index (χ0v) is 20.7. The average Bonchev–Trinajstić information content (AvgIpc) is 2.82. The van der Waals surface area contributed by atoms with Crippen molar-refractivity contribution in [2.24, 2.45) is 16.3 Å². The van der Waals surface area contributed by atoms with Gasteiger partial charge in [-0.2, -0.15) is 0 Å². The Kier molecular flexibility index (Phi) is 9.19. The molecule has 0 spiro atoms. The number of ether oxygens (including phenoxy) is 2. The summed E-state index contributed by atoms with van der Waals surface area (Å²) in [6.07, 6.45) is 8.82. The van der Waals surface area contributed by atoms with E-state index >= 15 is 0 Å². The van der Waals surface area contributed by atoms with Gasteiger partial charge in [-0.05, 0) is 83.3 Å². The number of aryl methyl sites for hydroxylation is 2. The number of pyridine rings is 1. The van der Waals surface area contributed by atoms with Crippen LogP contribution in [-0.4, -0.2) is 53.8 Å². The molecule has 3 rings (SSSR count). The smallest absolute Gasteiger partial charge is 0.314 e. The number of piperidine rings is 1. The third kappa shape index (κ3) is 7.92. The molecule has 1 fully saturated rings. The molecule has 34 heavy (non-hydrogen) atoms. The molecule has 8 nitrogen and oxygen atoms in total. The molecule has 0 unspecified atom stereocenters. The first-order chi connectivity index (χ1) is 16.2. The summed E-state index contributed by atoms with van der Waals surface area (Å²) in [5.74, 6) is 0.739. The molecule has 1 aromatic rings. The molecule has 3 heterocycles. The summed E-state index contributed by atoms with van der Waals surface area (Å²) in [7, 11) is 0. The van der Waals surface area contributed by atoms with Crippen LogP contribution in [0.4, 0.5) is 5.82 Å². The largest absolute Gasteiger partial charge is 0.428 e. The van der Waals surface area contributed by atoms with Gasteiger partial charge in [0.15, 0.2) is 5.82 Å². The van der Waals surface area contributed by atoms with Gasteiger partial charge in [0, 0.05) is 37.8 Å². The van der Waals surface area contributed by atoms with Gasteiger partial charge in [0.05, 0.1) is 5.41 Å². The Morgan fingerprint density at radius 1 is 1.09 bits per heavy atom. The Bertz CT molecular complexity index is 898. The van der Waals surface area contributed by atoms with Crippen molar-refractivity contribution < 1.29 is 23.9 Å². The minimum absolute atomic E-state index is 0.176. The first-order valence-electron chi connectivity index (χ1n) is 12.3. The maximum Gasteiger partial charge on any atom is 0.314 e. The van der Waals surface area contributed by atoms with Crippen molar-refractivity contribution in [2.75, 3.05) is 19.9 Å². The van der Waals surface area contributed by atoms with Crippen molar-refractivity contribution in [3.63, 3.8) is 0 Å². The molecule has 1 amide bonds. The Morgan fingerprint density at radius 3 is 2.59 bits per heavy atom. The Balaban J connectivity index is 1.28. The highest BCUT2D eigenvalue weighted by molar-refractivity contribution is 5.76. The maximum absolute atomic E-state index is 12.7.